The van der Waals surface area contributed by atoms with Gasteiger partial charge in [0.1, 0.15) is 5.69 Å². The summed E-state index contributed by atoms with van der Waals surface area (Å²) in [5.74, 6) is -0.0164. The summed E-state index contributed by atoms with van der Waals surface area (Å²) in [6.07, 6.45) is 2.71. The number of nitrogens with zero attached hydrogens (tertiary/aromatic N) is 2. The van der Waals surface area contributed by atoms with Crippen molar-refractivity contribution in [2.75, 3.05) is 13.1 Å². The Balaban J connectivity index is 1.30. The predicted molar refractivity (Wildman–Crippen MR) is 111 cm³/mol. The van der Waals surface area contributed by atoms with E-state index in [0.717, 1.165) is 38.0 Å². The number of likely N-dealkylation sites (tertiary alicyclic amines) is 1. The van der Waals surface area contributed by atoms with Crippen LogP contribution in [0.25, 0.3) is 11.0 Å². The number of aromatic amines is 1. The molecule has 1 aliphatic heterocycles. The van der Waals surface area contributed by atoms with Gasteiger partial charge in [-0.1, -0.05) is 18.2 Å². The fourth-order valence-electron chi connectivity index (χ4n) is 3.71. The summed E-state index contributed by atoms with van der Waals surface area (Å²) in [5, 5.41) is 5.24. The number of aryl methyl sites for hydroxylation is 1. The highest BCUT2D eigenvalue weighted by molar-refractivity contribution is 7.09. The average molecular weight is 397 g/mol. The van der Waals surface area contributed by atoms with Crippen molar-refractivity contribution in [1.82, 2.24) is 20.2 Å². The molecule has 1 atom stereocenters. The number of benzene rings is 1. The minimum absolute atomic E-state index is 0.0164. The summed E-state index contributed by atoms with van der Waals surface area (Å²) < 4.78 is 0. The number of hydrogen-bond donors (Lipinski definition) is 2. The van der Waals surface area contributed by atoms with Crippen LogP contribution >= 0.6 is 11.3 Å². The van der Waals surface area contributed by atoms with Crippen molar-refractivity contribution in [2.24, 2.45) is 0 Å². The molecule has 0 spiro atoms. The van der Waals surface area contributed by atoms with Gasteiger partial charge >= 0.3 is 0 Å². The lowest BCUT2D eigenvalue weighted by atomic mass is 10.1. The molecule has 0 radical (unpaired) electrons. The quantitative estimate of drug-likeness (QED) is 0.672. The molecular formula is C21H24N4O2S. The topological polar surface area (TPSA) is 78.1 Å². The van der Waals surface area contributed by atoms with E-state index in [1.165, 1.54) is 4.88 Å². The third kappa shape index (κ3) is 4.66. The van der Waals surface area contributed by atoms with Crippen molar-refractivity contribution in [3.8, 4) is 0 Å². The number of aromatic nitrogens is 2. The van der Waals surface area contributed by atoms with Gasteiger partial charge in [0, 0.05) is 36.9 Å². The van der Waals surface area contributed by atoms with E-state index in [1.807, 2.05) is 24.3 Å². The first kappa shape index (κ1) is 18.8. The Kier molecular flexibility index (Phi) is 5.83. The molecule has 146 valence electrons. The second kappa shape index (κ2) is 8.67. The lowest BCUT2D eigenvalue weighted by molar-refractivity contribution is -0.122. The molecule has 3 heterocycles. The third-order valence-electron chi connectivity index (χ3n) is 5.09. The zero-order valence-corrected chi connectivity index (χ0v) is 16.5. The Hall–Kier alpha value is -2.51. The number of rotatable bonds is 6. The van der Waals surface area contributed by atoms with E-state index in [9.17, 15) is 9.59 Å². The van der Waals surface area contributed by atoms with Crippen LogP contribution in [-0.4, -0.2) is 39.9 Å². The number of para-hydroxylation sites is 2. The lowest BCUT2D eigenvalue weighted by Gasteiger charge is -2.32. The number of carbonyl (C=O) groups excluding carboxylic acids is 1. The van der Waals surface area contributed by atoms with Crippen LogP contribution in [0.1, 0.15) is 29.8 Å². The van der Waals surface area contributed by atoms with Crippen molar-refractivity contribution in [2.45, 2.75) is 38.3 Å². The largest absolute Gasteiger partial charge is 0.352 e. The highest BCUT2D eigenvalue weighted by atomic mass is 32.1. The second-order valence-corrected chi connectivity index (χ2v) is 8.28. The number of thiophene rings is 1. The van der Waals surface area contributed by atoms with Gasteiger partial charge < -0.3 is 10.3 Å². The van der Waals surface area contributed by atoms with Crippen molar-refractivity contribution in [3.63, 3.8) is 0 Å². The number of hydrogen-bond acceptors (Lipinski definition) is 5. The molecule has 1 aliphatic rings. The van der Waals surface area contributed by atoms with Gasteiger partial charge in [-0.05, 0) is 43.0 Å². The standard InChI is InChI=1S/C21H24N4O2S/c26-20(10-9-19-21(27)24-18-8-2-1-7-17(18)23-19)22-15-5-3-11-25(13-15)14-16-6-4-12-28-16/h1-2,4,6-8,12,15H,3,5,9-11,13-14H2,(H,22,26)(H,24,27)/t15-/m1/s1. The van der Waals surface area contributed by atoms with Crippen LogP contribution in [0.4, 0.5) is 0 Å². The Morgan fingerprint density at radius 1 is 1.29 bits per heavy atom. The van der Waals surface area contributed by atoms with Gasteiger partial charge in [-0.25, -0.2) is 4.98 Å². The van der Waals surface area contributed by atoms with E-state index in [-0.39, 0.29) is 23.9 Å². The normalized spacial score (nSPS) is 17.6. The summed E-state index contributed by atoms with van der Waals surface area (Å²) >= 11 is 1.77. The minimum Gasteiger partial charge on any atom is -0.352 e. The third-order valence-corrected chi connectivity index (χ3v) is 5.95. The zero-order valence-electron chi connectivity index (χ0n) is 15.7. The van der Waals surface area contributed by atoms with Crippen molar-refractivity contribution in [1.29, 1.82) is 0 Å². The molecule has 0 aliphatic carbocycles. The number of fused-ring (bicyclic) bond motifs is 1. The monoisotopic (exact) mass is 396 g/mol. The molecule has 28 heavy (non-hydrogen) atoms. The van der Waals surface area contributed by atoms with Gasteiger partial charge in [0.2, 0.25) is 5.91 Å². The molecule has 1 amide bonds. The highest BCUT2D eigenvalue weighted by Gasteiger charge is 2.21. The van der Waals surface area contributed by atoms with Crippen LogP contribution in [0, 0.1) is 0 Å². The van der Waals surface area contributed by atoms with Crippen LogP contribution in [0.5, 0.6) is 0 Å². The van der Waals surface area contributed by atoms with Crippen molar-refractivity contribution in [3.05, 3.63) is 62.7 Å². The molecule has 6 nitrogen and oxygen atoms in total. The molecule has 2 aromatic heterocycles. The molecule has 7 heteroatoms. The number of amides is 1. The summed E-state index contributed by atoms with van der Waals surface area (Å²) in [7, 11) is 0. The summed E-state index contributed by atoms with van der Waals surface area (Å²) in [6.45, 7) is 2.89. The Bertz CT molecular complexity index is 999. The number of piperidine rings is 1. The van der Waals surface area contributed by atoms with Crippen LogP contribution in [0.15, 0.2) is 46.6 Å². The van der Waals surface area contributed by atoms with Gasteiger partial charge in [-0.15, -0.1) is 11.3 Å². The minimum atomic E-state index is -0.216. The summed E-state index contributed by atoms with van der Waals surface area (Å²) in [6, 6.07) is 11.8. The Labute approximate surface area is 167 Å². The fraction of sp³-hybridized carbons (Fsp3) is 0.381. The fourth-order valence-corrected chi connectivity index (χ4v) is 4.45. The Morgan fingerprint density at radius 3 is 3.04 bits per heavy atom. The van der Waals surface area contributed by atoms with E-state index in [1.54, 1.807) is 11.3 Å². The van der Waals surface area contributed by atoms with E-state index in [2.05, 4.69) is 37.7 Å². The highest BCUT2D eigenvalue weighted by Crippen LogP contribution is 2.17. The molecule has 1 saturated heterocycles. The number of nitrogens with one attached hydrogen (secondary N) is 2. The van der Waals surface area contributed by atoms with Crippen LogP contribution in [0.3, 0.4) is 0 Å². The second-order valence-electron chi connectivity index (χ2n) is 7.25. The maximum Gasteiger partial charge on any atom is 0.270 e. The molecule has 0 unspecified atom stereocenters. The number of carbonyl (C=O) groups is 1. The van der Waals surface area contributed by atoms with Gasteiger partial charge in [0.25, 0.3) is 5.56 Å². The Morgan fingerprint density at radius 2 is 2.18 bits per heavy atom. The average Bonchev–Trinajstić information content (AvgIpc) is 3.19. The predicted octanol–water partition coefficient (Wildman–Crippen LogP) is 2.70. The van der Waals surface area contributed by atoms with Crippen molar-refractivity contribution >= 4 is 28.3 Å². The summed E-state index contributed by atoms with van der Waals surface area (Å²) in [5.41, 5.74) is 1.66. The van der Waals surface area contributed by atoms with Gasteiger partial charge in [-0.2, -0.15) is 0 Å². The molecule has 0 saturated carbocycles. The molecule has 0 bridgehead atoms. The van der Waals surface area contributed by atoms with Crippen molar-refractivity contribution < 1.29 is 4.79 Å². The van der Waals surface area contributed by atoms with Gasteiger partial charge in [0.05, 0.1) is 11.0 Å². The first-order valence-electron chi connectivity index (χ1n) is 9.69. The van der Waals surface area contributed by atoms with Crippen LogP contribution in [-0.2, 0) is 17.8 Å². The smallest absolute Gasteiger partial charge is 0.270 e. The van der Waals surface area contributed by atoms with E-state index < -0.39 is 0 Å². The van der Waals surface area contributed by atoms with Crippen LogP contribution < -0.4 is 10.9 Å². The molecule has 3 aromatic rings. The molecule has 1 fully saturated rings. The maximum absolute atomic E-state index is 12.4. The van der Waals surface area contributed by atoms with E-state index in [4.69, 9.17) is 0 Å². The molecule has 2 N–H and O–H groups in total. The van der Waals surface area contributed by atoms with E-state index in [0.29, 0.717) is 17.6 Å². The number of H-pyrrole nitrogens is 1. The van der Waals surface area contributed by atoms with Gasteiger partial charge in [0.15, 0.2) is 0 Å². The molecule has 1 aromatic carbocycles. The van der Waals surface area contributed by atoms with Gasteiger partial charge in [-0.3, -0.25) is 14.5 Å². The first-order valence-corrected chi connectivity index (χ1v) is 10.6. The zero-order chi connectivity index (χ0) is 19.3. The SMILES string of the molecule is O=C(CCc1nc2ccccc2[nH]c1=O)N[C@@H]1CCCN(Cc2cccs2)C1. The van der Waals surface area contributed by atoms with Crippen LogP contribution in [0.2, 0.25) is 0 Å². The lowest BCUT2D eigenvalue weighted by Crippen LogP contribution is -2.47. The molecule has 4 rings (SSSR count). The molecular weight excluding hydrogens is 372 g/mol. The van der Waals surface area contributed by atoms with E-state index >= 15 is 0 Å². The summed E-state index contributed by atoms with van der Waals surface area (Å²) in [4.78, 5) is 35.6. The first-order chi connectivity index (χ1) is 13.7. The maximum atomic E-state index is 12.4.